The van der Waals surface area contributed by atoms with Crippen molar-refractivity contribution in [2.45, 2.75) is 25.6 Å². The number of amides is 2. The molecule has 136 valence electrons. The standard InChI is InChI=1S/C19H18F3N3O/c20-19(21,22)15-8-4-9-16(12-15)23-18(26)24-17-10-5-11-25(17)13-14-6-2-1-3-7-14/h1-4,6-9,12H,5,10-11,13H2,(H,23,26). The van der Waals surface area contributed by atoms with Crippen molar-refractivity contribution in [3.05, 3.63) is 65.7 Å². The number of nitrogens with zero attached hydrogens (tertiary/aromatic N) is 2. The van der Waals surface area contributed by atoms with Gasteiger partial charge in [-0.25, -0.2) is 4.79 Å². The van der Waals surface area contributed by atoms with E-state index >= 15 is 0 Å². The number of carbonyl (C=O) groups excluding carboxylic acids is 1. The highest BCUT2D eigenvalue weighted by molar-refractivity contribution is 6.00. The van der Waals surface area contributed by atoms with E-state index in [2.05, 4.69) is 10.3 Å². The molecule has 0 bridgehead atoms. The first-order valence-corrected chi connectivity index (χ1v) is 8.26. The zero-order valence-electron chi connectivity index (χ0n) is 14.0. The first kappa shape index (κ1) is 18.0. The van der Waals surface area contributed by atoms with Crippen molar-refractivity contribution in [1.29, 1.82) is 0 Å². The average molecular weight is 361 g/mol. The van der Waals surface area contributed by atoms with Gasteiger partial charge in [-0.15, -0.1) is 0 Å². The summed E-state index contributed by atoms with van der Waals surface area (Å²) in [5.74, 6) is 0.651. The predicted molar refractivity (Wildman–Crippen MR) is 94.0 cm³/mol. The minimum absolute atomic E-state index is 0.0711. The molecule has 2 aromatic carbocycles. The molecule has 3 rings (SSSR count). The second-order valence-corrected chi connectivity index (χ2v) is 6.05. The number of nitrogens with one attached hydrogen (secondary N) is 1. The van der Waals surface area contributed by atoms with E-state index in [9.17, 15) is 18.0 Å². The van der Waals surface area contributed by atoms with Crippen LogP contribution in [0.15, 0.2) is 59.6 Å². The molecule has 2 aromatic rings. The highest BCUT2D eigenvalue weighted by atomic mass is 19.4. The maximum absolute atomic E-state index is 12.7. The number of urea groups is 1. The van der Waals surface area contributed by atoms with Crippen molar-refractivity contribution < 1.29 is 18.0 Å². The molecule has 0 aliphatic carbocycles. The lowest BCUT2D eigenvalue weighted by atomic mass is 10.2. The summed E-state index contributed by atoms with van der Waals surface area (Å²) >= 11 is 0. The summed E-state index contributed by atoms with van der Waals surface area (Å²) in [6, 6.07) is 13.7. The fourth-order valence-electron chi connectivity index (χ4n) is 2.86. The minimum atomic E-state index is -4.45. The average Bonchev–Trinajstić information content (AvgIpc) is 3.02. The molecule has 1 aliphatic rings. The van der Waals surface area contributed by atoms with Crippen LogP contribution < -0.4 is 5.32 Å². The number of anilines is 1. The van der Waals surface area contributed by atoms with Crippen molar-refractivity contribution in [2.24, 2.45) is 4.99 Å². The zero-order chi connectivity index (χ0) is 18.6. The second-order valence-electron chi connectivity index (χ2n) is 6.05. The Balaban J connectivity index is 1.68. The molecular weight excluding hydrogens is 343 g/mol. The van der Waals surface area contributed by atoms with Gasteiger partial charge in [0.25, 0.3) is 0 Å². The first-order chi connectivity index (χ1) is 12.4. The van der Waals surface area contributed by atoms with E-state index in [1.807, 2.05) is 35.2 Å². The number of carbonyl (C=O) groups is 1. The van der Waals surface area contributed by atoms with Gasteiger partial charge in [0.1, 0.15) is 5.84 Å². The van der Waals surface area contributed by atoms with Crippen molar-refractivity contribution in [3.63, 3.8) is 0 Å². The smallest absolute Gasteiger partial charge is 0.356 e. The van der Waals surface area contributed by atoms with E-state index in [0.717, 1.165) is 30.7 Å². The van der Waals surface area contributed by atoms with Crippen LogP contribution in [0.4, 0.5) is 23.7 Å². The lowest BCUT2D eigenvalue weighted by molar-refractivity contribution is -0.137. The third-order valence-corrected chi connectivity index (χ3v) is 4.08. The first-order valence-electron chi connectivity index (χ1n) is 8.26. The van der Waals surface area contributed by atoms with Crippen molar-refractivity contribution in [3.8, 4) is 0 Å². The van der Waals surface area contributed by atoms with Crippen LogP contribution in [-0.4, -0.2) is 23.3 Å². The van der Waals surface area contributed by atoms with Gasteiger partial charge in [0.05, 0.1) is 5.56 Å². The Kier molecular flexibility index (Phi) is 5.25. The SMILES string of the molecule is O=C(N=C1CCCN1Cc1ccccc1)Nc1cccc(C(F)(F)F)c1. The molecule has 1 heterocycles. The van der Waals surface area contributed by atoms with Gasteiger partial charge in [0.2, 0.25) is 0 Å². The summed E-state index contributed by atoms with van der Waals surface area (Å²) in [6.45, 7) is 1.45. The topological polar surface area (TPSA) is 44.7 Å². The number of rotatable bonds is 3. The lowest BCUT2D eigenvalue weighted by Crippen LogP contribution is -2.26. The number of benzene rings is 2. The van der Waals surface area contributed by atoms with E-state index in [4.69, 9.17) is 0 Å². The molecule has 0 aromatic heterocycles. The fourth-order valence-corrected chi connectivity index (χ4v) is 2.86. The van der Waals surface area contributed by atoms with Crippen LogP contribution in [0.3, 0.4) is 0 Å². The molecule has 0 radical (unpaired) electrons. The van der Waals surface area contributed by atoms with Crippen molar-refractivity contribution in [1.82, 2.24) is 4.90 Å². The Labute approximate surface area is 149 Å². The van der Waals surface area contributed by atoms with Crippen molar-refractivity contribution in [2.75, 3.05) is 11.9 Å². The summed E-state index contributed by atoms with van der Waals surface area (Å²) in [5.41, 5.74) is 0.372. The molecule has 26 heavy (non-hydrogen) atoms. The summed E-state index contributed by atoms with van der Waals surface area (Å²) in [4.78, 5) is 18.2. The number of amidine groups is 1. The Morgan fingerprint density at radius 1 is 1.12 bits per heavy atom. The number of hydrogen-bond acceptors (Lipinski definition) is 1. The summed E-state index contributed by atoms with van der Waals surface area (Å²) < 4.78 is 38.2. The molecule has 7 heteroatoms. The van der Waals surface area contributed by atoms with Crippen LogP contribution in [0.2, 0.25) is 0 Å². The summed E-state index contributed by atoms with van der Waals surface area (Å²) in [7, 11) is 0. The second kappa shape index (κ2) is 7.59. The molecule has 1 aliphatic heterocycles. The number of aliphatic imine (C=N–C) groups is 1. The molecular formula is C19H18F3N3O. The van der Waals surface area contributed by atoms with E-state index in [1.165, 1.54) is 12.1 Å². The monoisotopic (exact) mass is 361 g/mol. The van der Waals surface area contributed by atoms with Gasteiger partial charge in [-0.05, 0) is 30.2 Å². The third kappa shape index (κ3) is 4.62. The lowest BCUT2D eigenvalue weighted by Gasteiger charge is -2.18. The highest BCUT2D eigenvalue weighted by Crippen LogP contribution is 2.30. The molecule has 0 spiro atoms. The third-order valence-electron chi connectivity index (χ3n) is 4.08. The quantitative estimate of drug-likeness (QED) is 0.842. The molecule has 2 amide bonds. The number of alkyl halides is 3. The Hall–Kier alpha value is -2.83. The molecule has 1 saturated heterocycles. The van der Waals surface area contributed by atoms with E-state index < -0.39 is 17.8 Å². The largest absolute Gasteiger partial charge is 0.416 e. The van der Waals surface area contributed by atoms with Gasteiger partial charge >= 0.3 is 12.2 Å². The zero-order valence-corrected chi connectivity index (χ0v) is 14.0. The summed E-state index contributed by atoms with van der Waals surface area (Å²) in [6.07, 6.45) is -2.89. The van der Waals surface area contributed by atoms with Gasteiger partial charge < -0.3 is 10.2 Å². The number of hydrogen-bond donors (Lipinski definition) is 1. The Morgan fingerprint density at radius 2 is 1.88 bits per heavy atom. The minimum Gasteiger partial charge on any atom is -0.356 e. The van der Waals surface area contributed by atoms with E-state index in [0.29, 0.717) is 18.8 Å². The predicted octanol–water partition coefficient (Wildman–Crippen LogP) is 4.93. The normalized spacial score (nSPS) is 16.1. The van der Waals surface area contributed by atoms with Gasteiger partial charge in [0.15, 0.2) is 0 Å². The Bertz CT molecular complexity index is 803. The highest BCUT2D eigenvalue weighted by Gasteiger charge is 2.30. The van der Waals surface area contributed by atoms with Crippen LogP contribution in [0.25, 0.3) is 0 Å². The van der Waals surface area contributed by atoms with Crippen LogP contribution in [0, 0.1) is 0 Å². The van der Waals surface area contributed by atoms with Crippen LogP contribution in [-0.2, 0) is 12.7 Å². The van der Waals surface area contributed by atoms with E-state index in [1.54, 1.807) is 0 Å². The Morgan fingerprint density at radius 3 is 2.62 bits per heavy atom. The van der Waals surface area contributed by atoms with Crippen LogP contribution in [0.5, 0.6) is 0 Å². The molecule has 0 saturated carbocycles. The van der Waals surface area contributed by atoms with Gasteiger partial charge in [-0.2, -0.15) is 18.2 Å². The molecule has 0 unspecified atom stereocenters. The van der Waals surface area contributed by atoms with Gasteiger partial charge in [0, 0.05) is 25.2 Å². The number of halogens is 3. The maximum Gasteiger partial charge on any atom is 0.416 e. The van der Waals surface area contributed by atoms with Crippen LogP contribution >= 0.6 is 0 Å². The summed E-state index contributed by atoms with van der Waals surface area (Å²) in [5, 5.41) is 2.41. The van der Waals surface area contributed by atoms with Crippen molar-refractivity contribution >= 4 is 17.6 Å². The van der Waals surface area contributed by atoms with E-state index in [-0.39, 0.29) is 5.69 Å². The van der Waals surface area contributed by atoms with Crippen LogP contribution in [0.1, 0.15) is 24.0 Å². The fraction of sp³-hybridized carbons (Fsp3) is 0.263. The molecule has 1 N–H and O–H groups in total. The maximum atomic E-state index is 12.7. The molecule has 4 nitrogen and oxygen atoms in total. The molecule has 0 atom stereocenters. The van der Waals surface area contributed by atoms with Gasteiger partial charge in [-0.3, -0.25) is 0 Å². The molecule has 1 fully saturated rings. The van der Waals surface area contributed by atoms with Gasteiger partial charge in [-0.1, -0.05) is 36.4 Å². The number of likely N-dealkylation sites (tertiary alicyclic amines) is 1.